The van der Waals surface area contributed by atoms with E-state index in [1.54, 1.807) is 0 Å². The Morgan fingerprint density at radius 3 is 2.50 bits per heavy atom. The van der Waals surface area contributed by atoms with E-state index < -0.39 is 0 Å². The Morgan fingerprint density at radius 1 is 1.19 bits per heavy atom. The van der Waals surface area contributed by atoms with Gasteiger partial charge in [-0.3, -0.25) is 0 Å². The highest BCUT2D eigenvalue weighted by molar-refractivity contribution is 5.55. The Kier molecular flexibility index (Phi) is 4.86. The fourth-order valence-electron chi connectivity index (χ4n) is 5.28. The van der Waals surface area contributed by atoms with E-state index in [1.807, 2.05) is 0 Å². The molecule has 0 bridgehead atoms. The Balaban J connectivity index is 1.44. The molecule has 144 valence electrons. The van der Waals surface area contributed by atoms with Gasteiger partial charge in [0.25, 0.3) is 0 Å². The molecule has 2 atom stereocenters. The molecule has 3 fully saturated rings. The van der Waals surface area contributed by atoms with Gasteiger partial charge in [-0.2, -0.15) is 0 Å². The molecular formula is C21H34N4O. The molecule has 0 aromatic carbocycles. The number of rotatable bonds is 5. The first kappa shape index (κ1) is 18.1. The van der Waals surface area contributed by atoms with Crippen LogP contribution in [0, 0.1) is 5.41 Å². The molecule has 1 aromatic rings. The molecule has 1 saturated heterocycles. The van der Waals surface area contributed by atoms with Crippen LogP contribution in [0.3, 0.4) is 0 Å². The molecule has 2 unspecified atom stereocenters. The topological polar surface area (TPSA) is 63.4 Å². The molecule has 1 aliphatic heterocycles. The molecule has 1 spiro atoms. The number of anilines is 2. The number of ether oxygens (including phenoxy) is 1. The van der Waals surface area contributed by atoms with E-state index >= 15 is 0 Å². The number of hydrogen-bond donors (Lipinski definition) is 2. The fraction of sp³-hybridized carbons (Fsp3) is 0.762. The third kappa shape index (κ3) is 3.56. The summed E-state index contributed by atoms with van der Waals surface area (Å²) < 4.78 is 5.87. The van der Waals surface area contributed by atoms with Crippen molar-refractivity contribution in [2.75, 3.05) is 23.3 Å². The van der Waals surface area contributed by atoms with Gasteiger partial charge in [-0.25, -0.2) is 4.98 Å². The monoisotopic (exact) mass is 358 g/mol. The molecular weight excluding hydrogens is 324 g/mol. The quantitative estimate of drug-likeness (QED) is 0.845. The van der Waals surface area contributed by atoms with E-state index in [1.165, 1.54) is 37.1 Å². The number of aromatic nitrogens is 1. The van der Waals surface area contributed by atoms with Crippen LogP contribution in [-0.2, 0) is 11.2 Å². The lowest BCUT2D eigenvalue weighted by atomic mass is 9.52. The second-order valence-electron chi connectivity index (χ2n) is 8.99. The van der Waals surface area contributed by atoms with Gasteiger partial charge in [0.15, 0.2) is 0 Å². The van der Waals surface area contributed by atoms with Gasteiger partial charge in [0.1, 0.15) is 5.82 Å². The van der Waals surface area contributed by atoms with Crippen LogP contribution in [0.5, 0.6) is 0 Å². The van der Waals surface area contributed by atoms with Gasteiger partial charge in [-0.15, -0.1) is 0 Å². The molecule has 2 saturated carbocycles. The third-order valence-corrected chi connectivity index (χ3v) is 6.30. The molecule has 5 heteroatoms. The van der Waals surface area contributed by atoms with Crippen LogP contribution in [0.4, 0.5) is 11.5 Å². The van der Waals surface area contributed by atoms with Crippen molar-refractivity contribution >= 4 is 11.5 Å². The highest BCUT2D eigenvalue weighted by Gasteiger charge is 2.51. The second kappa shape index (κ2) is 7.01. The maximum absolute atomic E-state index is 5.99. The zero-order chi connectivity index (χ0) is 18.3. The molecule has 0 amide bonds. The van der Waals surface area contributed by atoms with Crippen LogP contribution in [0.25, 0.3) is 0 Å². The zero-order valence-corrected chi connectivity index (χ0v) is 16.5. The average Bonchev–Trinajstić information content (AvgIpc) is 2.52. The van der Waals surface area contributed by atoms with Gasteiger partial charge in [-0.1, -0.05) is 13.3 Å². The molecule has 3 N–H and O–H groups in total. The number of nitrogens with one attached hydrogen (secondary N) is 1. The van der Waals surface area contributed by atoms with E-state index in [0.717, 1.165) is 31.7 Å². The van der Waals surface area contributed by atoms with Crippen LogP contribution in [0.15, 0.2) is 12.1 Å². The van der Waals surface area contributed by atoms with E-state index in [0.29, 0.717) is 17.5 Å². The van der Waals surface area contributed by atoms with Crippen LogP contribution < -0.4 is 16.0 Å². The molecule has 26 heavy (non-hydrogen) atoms. The van der Waals surface area contributed by atoms with Crippen molar-refractivity contribution in [2.24, 2.45) is 11.1 Å². The van der Waals surface area contributed by atoms with Crippen LogP contribution in [-0.4, -0.2) is 42.4 Å². The zero-order valence-electron chi connectivity index (χ0n) is 16.5. The van der Waals surface area contributed by atoms with Gasteiger partial charge in [0.05, 0.1) is 23.6 Å². The van der Waals surface area contributed by atoms with Gasteiger partial charge in [-0.05, 0) is 63.5 Å². The van der Waals surface area contributed by atoms with Crippen molar-refractivity contribution < 1.29 is 4.74 Å². The lowest BCUT2D eigenvalue weighted by Crippen LogP contribution is -2.57. The maximum atomic E-state index is 5.99. The summed E-state index contributed by atoms with van der Waals surface area (Å²) in [5.74, 6) is 1.09. The Labute approximate surface area is 157 Å². The van der Waals surface area contributed by atoms with E-state index in [2.05, 4.69) is 43.1 Å². The normalized spacial score (nSPS) is 36.5. The molecule has 3 aliphatic rings. The van der Waals surface area contributed by atoms with E-state index in [9.17, 15) is 0 Å². The lowest BCUT2D eigenvalue weighted by Gasteiger charge is -2.57. The third-order valence-electron chi connectivity index (χ3n) is 6.30. The van der Waals surface area contributed by atoms with Gasteiger partial charge >= 0.3 is 0 Å². The Bertz CT molecular complexity index is 625. The van der Waals surface area contributed by atoms with E-state index in [-0.39, 0.29) is 12.2 Å². The number of pyridine rings is 1. The maximum Gasteiger partial charge on any atom is 0.129 e. The van der Waals surface area contributed by atoms with Crippen molar-refractivity contribution in [3.63, 3.8) is 0 Å². The number of nitrogens with two attached hydrogens (primary N) is 1. The Morgan fingerprint density at radius 2 is 1.88 bits per heavy atom. The lowest BCUT2D eigenvalue weighted by molar-refractivity contribution is -0.00546. The molecule has 2 heterocycles. The highest BCUT2D eigenvalue weighted by Crippen LogP contribution is 2.56. The summed E-state index contributed by atoms with van der Waals surface area (Å²) in [6.45, 7) is 8.35. The molecule has 5 nitrogen and oxygen atoms in total. The smallest absolute Gasteiger partial charge is 0.129 e. The average molecular weight is 359 g/mol. The van der Waals surface area contributed by atoms with Crippen LogP contribution >= 0.6 is 0 Å². The van der Waals surface area contributed by atoms with Crippen molar-refractivity contribution in [1.82, 2.24) is 4.98 Å². The molecule has 1 aromatic heterocycles. The Hall–Kier alpha value is -1.33. The van der Waals surface area contributed by atoms with Gasteiger partial charge in [0.2, 0.25) is 0 Å². The summed E-state index contributed by atoms with van der Waals surface area (Å²) >= 11 is 0. The first-order valence-corrected chi connectivity index (χ1v) is 10.4. The van der Waals surface area contributed by atoms with Crippen molar-refractivity contribution in [2.45, 2.75) is 83.6 Å². The second-order valence-corrected chi connectivity index (χ2v) is 8.99. The summed E-state index contributed by atoms with van der Waals surface area (Å²) in [5.41, 5.74) is 8.99. The van der Waals surface area contributed by atoms with Crippen molar-refractivity contribution in [3.05, 3.63) is 17.8 Å². The first-order valence-electron chi connectivity index (χ1n) is 10.4. The SMILES string of the molecule is CCCc1nc(N2CC(C)OC(C)C2)ccc1NC1CC2(CC(N)C2)C1. The predicted molar refractivity (Wildman–Crippen MR) is 107 cm³/mol. The van der Waals surface area contributed by atoms with Gasteiger partial charge in [0, 0.05) is 25.2 Å². The molecule has 2 aliphatic carbocycles. The number of aryl methyl sites for hydroxylation is 1. The number of nitrogens with zero attached hydrogens (tertiary/aromatic N) is 2. The van der Waals surface area contributed by atoms with Crippen molar-refractivity contribution in [3.8, 4) is 0 Å². The minimum atomic E-state index is 0.257. The minimum absolute atomic E-state index is 0.257. The highest BCUT2D eigenvalue weighted by atomic mass is 16.5. The van der Waals surface area contributed by atoms with Crippen molar-refractivity contribution in [1.29, 1.82) is 0 Å². The first-order chi connectivity index (χ1) is 12.5. The summed E-state index contributed by atoms with van der Waals surface area (Å²) in [5, 5.41) is 3.77. The largest absolute Gasteiger partial charge is 0.381 e. The predicted octanol–water partition coefficient (Wildman–Crippen LogP) is 3.33. The fourth-order valence-corrected chi connectivity index (χ4v) is 5.28. The summed E-state index contributed by atoms with van der Waals surface area (Å²) in [6.07, 6.45) is 7.63. The standard InChI is InChI=1S/C21H34N4O/c1-4-5-18-19(23-17-10-21(11-17)8-16(22)9-21)6-7-20(24-18)25-12-14(2)26-15(3)13-25/h6-7,14-17,23H,4-5,8-13,22H2,1-3H3. The van der Waals surface area contributed by atoms with Crippen LogP contribution in [0.1, 0.15) is 58.6 Å². The summed E-state index contributed by atoms with van der Waals surface area (Å²) in [7, 11) is 0. The van der Waals surface area contributed by atoms with Gasteiger partial charge < -0.3 is 20.7 Å². The summed E-state index contributed by atoms with van der Waals surface area (Å²) in [4.78, 5) is 7.41. The number of hydrogen-bond acceptors (Lipinski definition) is 5. The molecule has 4 rings (SSSR count). The number of morpholine rings is 1. The molecule has 0 radical (unpaired) electrons. The van der Waals surface area contributed by atoms with E-state index in [4.69, 9.17) is 15.5 Å². The van der Waals surface area contributed by atoms with Crippen LogP contribution in [0.2, 0.25) is 0 Å². The summed E-state index contributed by atoms with van der Waals surface area (Å²) in [6, 6.07) is 5.47. The minimum Gasteiger partial charge on any atom is -0.381 e.